The van der Waals surface area contributed by atoms with E-state index < -0.39 is 0 Å². The highest BCUT2D eigenvalue weighted by Crippen LogP contribution is 2.53. The van der Waals surface area contributed by atoms with Gasteiger partial charge < -0.3 is 0 Å². The molecule has 2 aliphatic carbocycles. The number of benzene rings is 1. The smallest absolute Gasteiger partial charge is 0.0211 e. The van der Waals surface area contributed by atoms with E-state index in [1.165, 1.54) is 55.2 Å². The summed E-state index contributed by atoms with van der Waals surface area (Å²) in [5.74, 6) is 0.880. The second-order valence-corrected chi connectivity index (χ2v) is 7.11. The van der Waals surface area contributed by atoms with Gasteiger partial charge in [-0.3, -0.25) is 0 Å². The second-order valence-electron chi connectivity index (χ2n) is 7.11. The molecule has 2 aliphatic rings. The summed E-state index contributed by atoms with van der Waals surface area (Å²) in [4.78, 5) is 0. The largest absolute Gasteiger partial charge is 0.0988 e. The van der Waals surface area contributed by atoms with Crippen molar-refractivity contribution >= 4 is 6.08 Å². The van der Waals surface area contributed by atoms with Gasteiger partial charge in [-0.15, -0.1) is 0 Å². The number of hydrogen-bond donors (Lipinski definition) is 0. The fourth-order valence-corrected chi connectivity index (χ4v) is 4.55. The van der Waals surface area contributed by atoms with Crippen LogP contribution in [-0.2, 0) is 5.41 Å². The summed E-state index contributed by atoms with van der Waals surface area (Å²) in [6.45, 7) is 8.42. The van der Waals surface area contributed by atoms with Crippen molar-refractivity contribution in [1.29, 1.82) is 0 Å². The zero-order valence-corrected chi connectivity index (χ0v) is 14.1. The minimum atomic E-state index is 0.263. The molecule has 1 spiro atoms. The Balaban J connectivity index is 2.04. The lowest BCUT2D eigenvalue weighted by Gasteiger charge is -2.41. The SMILES string of the molecule is C=C/C(C)=C\C1=Cc2ccccc2C12CCC[C@H](CCC)C2. The van der Waals surface area contributed by atoms with Gasteiger partial charge in [0.05, 0.1) is 0 Å². The molecule has 22 heavy (non-hydrogen) atoms. The van der Waals surface area contributed by atoms with Crippen molar-refractivity contribution in [2.45, 2.75) is 57.8 Å². The highest BCUT2D eigenvalue weighted by Gasteiger charge is 2.43. The van der Waals surface area contributed by atoms with E-state index >= 15 is 0 Å². The first-order valence-corrected chi connectivity index (χ1v) is 8.82. The molecular formula is C22H28. The number of rotatable bonds is 4. The molecule has 0 aliphatic heterocycles. The van der Waals surface area contributed by atoms with Gasteiger partial charge in [0.2, 0.25) is 0 Å². The van der Waals surface area contributed by atoms with E-state index in [1.54, 1.807) is 5.56 Å². The molecule has 2 atom stereocenters. The molecule has 3 rings (SSSR count). The highest BCUT2D eigenvalue weighted by molar-refractivity contribution is 5.72. The molecule has 1 fully saturated rings. The fraction of sp³-hybridized carbons (Fsp3) is 0.455. The Kier molecular flexibility index (Phi) is 4.38. The summed E-state index contributed by atoms with van der Waals surface area (Å²) in [5.41, 5.74) is 6.06. The van der Waals surface area contributed by atoms with E-state index in [2.05, 4.69) is 56.8 Å². The summed E-state index contributed by atoms with van der Waals surface area (Å²) in [6, 6.07) is 9.03. The maximum atomic E-state index is 3.93. The molecular weight excluding hydrogens is 264 g/mol. The normalized spacial score (nSPS) is 27.6. The molecule has 1 saturated carbocycles. The van der Waals surface area contributed by atoms with Crippen molar-refractivity contribution in [2.24, 2.45) is 5.92 Å². The topological polar surface area (TPSA) is 0 Å². The average Bonchev–Trinajstić information content (AvgIpc) is 2.81. The maximum absolute atomic E-state index is 3.93. The predicted octanol–water partition coefficient (Wildman–Crippen LogP) is 6.44. The quantitative estimate of drug-likeness (QED) is 0.560. The standard InChI is InChI=1S/C22H28/c1-4-9-18-10-8-13-22(16-18)20(14-17(3)5-2)15-19-11-6-7-12-21(19)22/h5-7,11-12,14-15,18H,2,4,8-10,13,16H2,1,3H3/b17-14-/t18-,22?/m0/s1. The van der Waals surface area contributed by atoms with Gasteiger partial charge in [0.25, 0.3) is 0 Å². The number of hydrogen-bond acceptors (Lipinski definition) is 0. The molecule has 1 aromatic carbocycles. The average molecular weight is 292 g/mol. The minimum Gasteiger partial charge on any atom is -0.0988 e. The molecule has 0 amide bonds. The minimum absolute atomic E-state index is 0.263. The Morgan fingerprint density at radius 1 is 1.36 bits per heavy atom. The molecule has 116 valence electrons. The van der Waals surface area contributed by atoms with Gasteiger partial charge in [-0.1, -0.05) is 87.3 Å². The lowest BCUT2D eigenvalue weighted by Crippen LogP contribution is -2.33. The van der Waals surface area contributed by atoms with Gasteiger partial charge in [0, 0.05) is 5.41 Å². The van der Waals surface area contributed by atoms with Crippen LogP contribution in [0.4, 0.5) is 0 Å². The number of allylic oxidation sites excluding steroid dienone is 4. The Morgan fingerprint density at radius 3 is 2.95 bits per heavy atom. The molecule has 0 aromatic heterocycles. The van der Waals surface area contributed by atoms with Crippen molar-refractivity contribution in [3.05, 3.63) is 65.3 Å². The van der Waals surface area contributed by atoms with Crippen LogP contribution in [0.3, 0.4) is 0 Å². The van der Waals surface area contributed by atoms with Gasteiger partial charge >= 0.3 is 0 Å². The van der Waals surface area contributed by atoms with Crippen molar-refractivity contribution in [1.82, 2.24) is 0 Å². The molecule has 0 bridgehead atoms. The van der Waals surface area contributed by atoms with E-state index in [0.29, 0.717) is 0 Å². The highest BCUT2D eigenvalue weighted by atomic mass is 14.5. The lowest BCUT2D eigenvalue weighted by atomic mass is 9.63. The Labute approximate surface area is 135 Å². The zero-order valence-electron chi connectivity index (χ0n) is 14.1. The van der Waals surface area contributed by atoms with E-state index in [0.717, 1.165) is 5.92 Å². The van der Waals surface area contributed by atoms with Crippen LogP contribution in [0.5, 0.6) is 0 Å². The van der Waals surface area contributed by atoms with Gasteiger partial charge in [-0.2, -0.15) is 0 Å². The van der Waals surface area contributed by atoms with E-state index in [9.17, 15) is 0 Å². The zero-order chi connectivity index (χ0) is 15.6. The Hall–Kier alpha value is -1.56. The lowest BCUT2D eigenvalue weighted by molar-refractivity contribution is 0.247. The third kappa shape index (κ3) is 2.60. The first-order valence-electron chi connectivity index (χ1n) is 8.82. The molecule has 0 heteroatoms. The van der Waals surface area contributed by atoms with E-state index in [1.807, 2.05) is 6.08 Å². The van der Waals surface area contributed by atoms with Crippen LogP contribution in [0.1, 0.15) is 63.5 Å². The molecule has 1 aromatic rings. The van der Waals surface area contributed by atoms with Crippen LogP contribution in [0, 0.1) is 5.92 Å². The van der Waals surface area contributed by atoms with Crippen LogP contribution in [0.15, 0.2) is 54.1 Å². The Bertz CT molecular complexity index is 615. The fourth-order valence-electron chi connectivity index (χ4n) is 4.55. The van der Waals surface area contributed by atoms with Crippen LogP contribution in [0.25, 0.3) is 6.08 Å². The third-order valence-corrected chi connectivity index (χ3v) is 5.60. The molecule has 0 radical (unpaired) electrons. The molecule has 0 N–H and O–H groups in total. The van der Waals surface area contributed by atoms with Crippen molar-refractivity contribution in [3.8, 4) is 0 Å². The summed E-state index contributed by atoms with van der Waals surface area (Å²) >= 11 is 0. The first kappa shape index (κ1) is 15.3. The third-order valence-electron chi connectivity index (χ3n) is 5.60. The van der Waals surface area contributed by atoms with Gasteiger partial charge in [-0.25, -0.2) is 0 Å². The van der Waals surface area contributed by atoms with Crippen molar-refractivity contribution < 1.29 is 0 Å². The molecule has 1 unspecified atom stereocenters. The number of fused-ring (bicyclic) bond motifs is 2. The van der Waals surface area contributed by atoms with Crippen LogP contribution in [-0.4, -0.2) is 0 Å². The van der Waals surface area contributed by atoms with Gasteiger partial charge in [-0.05, 0) is 42.4 Å². The molecule has 0 saturated heterocycles. The van der Waals surface area contributed by atoms with Gasteiger partial charge in [0.15, 0.2) is 0 Å². The first-order chi connectivity index (χ1) is 10.7. The second kappa shape index (κ2) is 6.28. The summed E-state index contributed by atoms with van der Waals surface area (Å²) in [6.07, 6.45) is 14.9. The van der Waals surface area contributed by atoms with Crippen LogP contribution in [0.2, 0.25) is 0 Å². The maximum Gasteiger partial charge on any atom is 0.0211 e. The van der Waals surface area contributed by atoms with Crippen LogP contribution < -0.4 is 0 Å². The van der Waals surface area contributed by atoms with Crippen molar-refractivity contribution in [2.75, 3.05) is 0 Å². The summed E-state index contributed by atoms with van der Waals surface area (Å²) in [5, 5.41) is 0. The Morgan fingerprint density at radius 2 is 2.18 bits per heavy atom. The van der Waals surface area contributed by atoms with Crippen molar-refractivity contribution in [3.63, 3.8) is 0 Å². The molecule has 0 nitrogen and oxygen atoms in total. The molecule has 0 heterocycles. The summed E-state index contributed by atoms with van der Waals surface area (Å²) in [7, 11) is 0. The predicted molar refractivity (Wildman–Crippen MR) is 96.9 cm³/mol. The summed E-state index contributed by atoms with van der Waals surface area (Å²) < 4.78 is 0. The van der Waals surface area contributed by atoms with Crippen LogP contribution >= 0.6 is 0 Å². The van der Waals surface area contributed by atoms with E-state index in [-0.39, 0.29) is 5.41 Å². The van der Waals surface area contributed by atoms with E-state index in [4.69, 9.17) is 0 Å². The monoisotopic (exact) mass is 292 g/mol. The van der Waals surface area contributed by atoms with Gasteiger partial charge in [0.1, 0.15) is 0 Å².